The van der Waals surface area contributed by atoms with Crippen molar-refractivity contribution in [3.8, 4) is 11.5 Å². The molecule has 0 saturated carbocycles. The highest BCUT2D eigenvalue weighted by Crippen LogP contribution is 2.29. The van der Waals surface area contributed by atoms with Crippen LogP contribution in [0.2, 0.25) is 0 Å². The van der Waals surface area contributed by atoms with Gasteiger partial charge in [-0.05, 0) is 30.7 Å². The number of para-hydroxylation sites is 1. The van der Waals surface area contributed by atoms with Gasteiger partial charge in [0.25, 0.3) is 5.91 Å². The van der Waals surface area contributed by atoms with Crippen molar-refractivity contribution in [2.75, 3.05) is 24.5 Å². The molecule has 2 amide bonds. The lowest BCUT2D eigenvalue weighted by Crippen LogP contribution is -2.36. The molecule has 0 bridgehead atoms. The number of rotatable bonds is 5. The zero-order chi connectivity index (χ0) is 19.4. The van der Waals surface area contributed by atoms with E-state index in [0.29, 0.717) is 22.9 Å². The smallest absolute Gasteiger partial charge is 0.271 e. The van der Waals surface area contributed by atoms with Crippen molar-refractivity contribution in [1.82, 2.24) is 0 Å². The van der Waals surface area contributed by atoms with E-state index in [-0.39, 0.29) is 30.4 Å². The van der Waals surface area contributed by atoms with E-state index in [1.807, 2.05) is 31.2 Å². The summed E-state index contributed by atoms with van der Waals surface area (Å²) in [4.78, 5) is 25.0. The van der Waals surface area contributed by atoms with E-state index < -0.39 is 0 Å². The molecule has 2 aromatic carbocycles. The molecule has 0 fully saturated rings. The van der Waals surface area contributed by atoms with Crippen LogP contribution in [0.5, 0.6) is 11.5 Å². The average Bonchev–Trinajstić information content (AvgIpc) is 2.68. The van der Waals surface area contributed by atoms with Crippen molar-refractivity contribution in [3.05, 3.63) is 48.0 Å². The van der Waals surface area contributed by atoms with Crippen molar-refractivity contribution in [2.24, 2.45) is 5.10 Å². The SMILES string of the molecule is COc1ccc(OC)c(NC(=O)C2=NN(c3ccccc3C)C(=O)CC2)c1. The van der Waals surface area contributed by atoms with Crippen molar-refractivity contribution in [2.45, 2.75) is 19.8 Å². The van der Waals surface area contributed by atoms with E-state index in [0.717, 1.165) is 5.56 Å². The van der Waals surface area contributed by atoms with Crippen LogP contribution in [-0.4, -0.2) is 31.7 Å². The van der Waals surface area contributed by atoms with Crippen LogP contribution in [0.25, 0.3) is 0 Å². The Morgan fingerprint density at radius 2 is 1.89 bits per heavy atom. The summed E-state index contributed by atoms with van der Waals surface area (Å²) in [6, 6.07) is 12.5. The Labute approximate surface area is 157 Å². The van der Waals surface area contributed by atoms with Gasteiger partial charge in [0, 0.05) is 18.9 Å². The van der Waals surface area contributed by atoms with Crippen LogP contribution in [0.1, 0.15) is 18.4 Å². The van der Waals surface area contributed by atoms with Gasteiger partial charge in [0.05, 0.1) is 25.6 Å². The van der Waals surface area contributed by atoms with Crippen molar-refractivity contribution < 1.29 is 19.1 Å². The van der Waals surface area contributed by atoms with E-state index in [9.17, 15) is 9.59 Å². The maximum atomic E-state index is 12.7. The molecule has 0 aromatic heterocycles. The van der Waals surface area contributed by atoms with E-state index in [1.165, 1.54) is 12.1 Å². The van der Waals surface area contributed by atoms with Gasteiger partial charge >= 0.3 is 0 Å². The maximum absolute atomic E-state index is 12.7. The van der Waals surface area contributed by atoms with E-state index >= 15 is 0 Å². The highest BCUT2D eigenvalue weighted by atomic mass is 16.5. The first-order valence-corrected chi connectivity index (χ1v) is 8.53. The fourth-order valence-electron chi connectivity index (χ4n) is 2.81. The minimum atomic E-state index is -0.382. The van der Waals surface area contributed by atoms with Gasteiger partial charge in [-0.3, -0.25) is 9.59 Å². The Bertz CT molecular complexity index is 908. The third kappa shape index (κ3) is 3.92. The van der Waals surface area contributed by atoms with Crippen molar-refractivity contribution >= 4 is 28.9 Å². The molecule has 1 aliphatic rings. The third-order valence-electron chi connectivity index (χ3n) is 4.29. The second-order valence-electron chi connectivity index (χ2n) is 6.06. The Morgan fingerprint density at radius 3 is 2.59 bits per heavy atom. The van der Waals surface area contributed by atoms with Crippen LogP contribution >= 0.6 is 0 Å². The Balaban J connectivity index is 1.87. The lowest BCUT2D eigenvalue weighted by Gasteiger charge is -2.24. The van der Waals surface area contributed by atoms with E-state index in [2.05, 4.69) is 10.4 Å². The van der Waals surface area contributed by atoms with E-state index in [4.69, 9.17) is 9.47 Å². The third-order valence-corrected chi connectivity index (χ3v) is 4.29. The minimum absolute atomic E-state index is 0.139. The number of nitrogens with zero attached hydrogens (tertiary/aromatic N) is 2. The number of anilines is 2. The number of carbonyl (C=O) groups is 2. The molecule has 1 N–H and O–H groups in total. The number of hydrogen-bond acceptors (Lipinski definition) is 5. The normalized spacial score (nSPS) is 13.8. The number of benzene rings is 2. The Kier molecular flexibility index (Phi) is 5.40. The Hall–Kier alpha value is -3.35. The quantitative estimate of drug-likeness (QED) is 0.880. The molecule has 0 radical (unpaired) electrons. The van der Waals surface area contributed by atoms with Gasteiger partial charge in [0.2, 0.25) is 5.91 Å². The van der Waals surface area contributed by atoms with Gasteiger partial charge in [-0.1, -0.05) is 18.2 Å². The summed E-state index contributed by atoms with van der Waals surface area (Å²) in [5, 5.41) is 8.40. The summed E-state index contributed by atoms with van der Waals surface area (Å²) in [5.74, 6) is 0.577. The molecule has 0 aliphatic carbocycles. The summed E-state index contributed by atoms with van der Waals surface area (Å²) < 4.78 is 10.5. The molecule has 0 spiro atoms. The number of ether oxygens (including phenoxy) is 2. The second-order valence-corrected chi connectivity index (χ2v) is 6.06. The molecule has 1 heterocycles. The lowest BCUT2D eigenvalue weighted by atomic mass is 10.1. The molecular weight excluding hydrogens is 346 g/mol. The number of hydrogen-bond donors (Lipinski definition) is 1. The van der Waals surface area contributed by atoms with Crippen LogP contribution in [-0.2, 0) is 9.59 Å². The van der Waals surface area contributed by atoms with Gasteiger partial charge in [-0.15, -0.1) is 0 Å². The maximum Gasteiger partial charge on any atom is 0.271 e. The predicted octanol–water partition coefficient (Wildman–Crippen LogP) is 3.13. The fraction of sp³-hybridized carbons (Fsp3) is 0.250. The molecule has 0 saturated heterocycles. The largest absolute Gasteiger partial charge is 0.497 e. The predicted molar refractivity (Wildman–Crippen MR) is 104 cm³/mol. The molecule has 3 rings (SSSR count). The molecule has 7 nitrogen and oxygen atoms in total. The number of amides is 2. The van der Waals surface area contributed by atoms with Crippen molar-refractivity contribution in [3.63, 3.8) is 0 Å². The first-order chi connectivity index (χ1) is 13.0. The number of nitrogens with one attached hydrogen (secondary N) is 1. The van der Waals surface area contributed by atoms with Gasteiger partial charge in [0.1, 0.15) is 17.2 Å². The van der Waals surface area contributed by atoms with Gasteiger partial charge in [0.15, 0.2) is 0 Å². The topological polar surface area (TPSA) is 80.2 Å². The number of methoxy groups -OCH3 is 2. The standard InChI is InChI=1S/C20H21N3O4/c1-13-6-4-5-7-17(13)23-19(24)11-9-15(22-23)20(25)21-16-12-14(26-2)8-10-18(16)27-3/h4-8,10,12H,9,11H2,1-3H3,(H,21,25). The number of aryl methyl sites for hydroxylation is 1. The molecule has 1 aliphatic heterocycles. The average molecular weight is 367 g/mol. The fourth-order valence-corrected chi connectivity index (χ4v) is 2.81. The molecule has 140 valence electrons. The molecular formula is C20H21N3O4. The first kappa shape index (κ1) is 18.4. The lowest BCUT2D eigenvalue weighted by molar-refractivity contribution is -0.118. The first-order valence-electron chi connectivity index (χ1n) is 8.53. The highest BCUT2D eigenvalue weighted by Gasteiger charge is 2.26. The summed E-state index contributed by atoms with van der Waals surface area (Å²) in [5.41, 5.74) is 2.34. The number of hydrazone groups is 1. The molecule has 7 heteroatoms. The molecule has 0 unspecified atom stereocenters. The van der Waals surface area contributed by atoms with Crippen LogP contribution in [0.3, 0.4) is 0 Å². The monoisotopic (exact) mass is 367 g/mol. The Morgan fingerprint density at radius 1 is 1.11 bits per heavy atom. The zero-order valence-electron chi connectivity index (χ0n) is 15.5. The number of carbonyl (C=O) groups excluding carboxylic acids is 2. The van der Waals surface area contributed by atoms with Crippen LogP contribution in [0.15, 0.2) is 47.6 Å². The van der Waals surface area contributed by atoms with Crippen LogP contribution in [0, 0.1) is 6.92 Å². The summed E-state index contributed by atoms with van der Waals surface area (Å²) >= 11 is 0. The van der Waals surface area contributed by atoms with Gasteiger partial charge < -0.3 is 14.8 Å². The van der Waals surface area contributed by atoms with Crippen molar-refractivity contribution in [1.29, 1.82) is 0 Å². The molecule has 2 aromatic rings. The van der Waals surface area contributed by atoms with Crippen LogP contribution in [0.4, 0.5) is 11.4 Å². The zero-order valence-corrected chi connectivity index (χ0v) is 15.5. The van der Waals surface area contributed by atoms with Crippen LogP contribution < -0.4 is 19.8 Å². The molecule has 27 heavy (non-hydrogen) atoms. The second kappa shape index (κ2) is 7.90. The van der Waals surface area contributed by atoms with Gasteiger partial charge in [-0.25, -0.2) is 5.01 Å². The summed E-state index contributed by atoms with van der Waals surface area (Å²) in [6.45, 7) is 1.90. The summed E-state index contributed by atoms with van der Waals surface area (Å²) in [7, 11) is 3.07. The molecule has 0 atom stereocenters. The van der Waals surface area contributed by atoms with Gasteiger partial charge in [-0.2, -0.15) is 5.10 Å². The summed E-state index contributed by atoms with van der Waals surface area (Å²) in [6.07, 6.45) is 0.495. The van der Waals surface area contributed by atoms with E-state index in [1.54, 1.807) is 25.3 Å². The highest BCUT2D eigenvalue weighted by molar-refractivity contribution is 6.44. The minimum Gasteiger partial charge on any atom is -0.497 e.